The third-order valence-electron chi connectivity index (χ3n) is 2.99. The predicted octanol–water partition coefficient (Wildman–Crippen LogP) is 3.85. The summed E-state index contributed by atoms with van der Waals surface area (Å²) in [5.41, 5.74) is 1.46. The Hall–Kier alpha value is -0.760. The lowest BCUT2D eigenvalue weighted by molar-refractivity contribution is -0.119. The molecule has 1 aromatic carbocycles. The van der Waals surface area contributed by atoms with E-state index in [0.29, 0.717) is 11.0 Å². The van der Waals surface area contributed by atoms with Gasteiger partial charge in [0.15, 0.2) is 0 Å². The Labute approximate surface area is 102 Å². The molecule has 2 rings (SSSR count). The van der Waals surface area contributed by atoms with Crippen molar-refractivity contribution in [3.63, 3.8) is 0 Å². The topological polar surface area (TPSA) is 17.1 Å². The summed E-state index contributed by atoms with van der Waals surface area (Å²) in [4.78, 5) is 12.9. The van der Waals surface area contributed by atoms with E-state index in [0.717, 1.165) is 32.1 Å². The molecule has 0 spiro atoms. The van der Waals surface area contributed by atoms with Crippen LogP contribution in [0.4, 0.5) is 0 Å². The van der Waals surface area contributed by atoms with Crippen LogP contribution in [-0.4, -0.2) is 11.0 Å². The third-order valence-corrected chi connectivity index (χ3v) is 4.38. The molecule has 16 heavy (non-hydrogen) atoms. The number of thioether (sulfide) groups is 1. The van der Waals surface area contributed by atoms with Gasteiger partial charge in [0.05, 0.1) is 0 Å². The number of benzene rings is 1. The molecule has 0 N–H and O–H groups in total. The molecule has 0 saturated carbocycles. The molecule has 0 amide bonds. The van der Waals surface area contributed by atoms with Gasteiger partial charge in [-0.05, 0) is 30.9 Å². The van der Waals surface area contributed by atoms with E-state index in [4.69, 9.17) is 0 Å². The van der Waals surface area contributed by atoms with E-state index >= 15 is 0 Å². The number of Topliss-reactive ketones (excluding diaryl/α,β-unsaturated/α-hetero) is 1. The normalized spacial score (nSPS) is 18.4. The molecule has 1 unspecified atom stereocenters. The molecule has 0 bridgehead atoms. The Morgan fingerprint density at radius 1 is 1.38 bits per heavy atom. The van der Waals surface area contributed by atoms with Crippen LogP contribution in [0.3, 0.4) is 0 Å². The van der Waals surface area contributed by atoms with Gasteiger partial charge < -0.3 is 0 Å². The monoisotopic (exact) mass is 234 g/mol. The molecule has 1 aromatic rings. The number of carbonyl (C=O) groups is 1. The molecule has 1 aliphatic rings. The molecular weight excluding hydrogens is 216 g/mol. The quantitative estimate of drug-likeness (QED) is 0.769. The number of rotatable bonds is 5. The maximum absolute atomic E-state index is 11.5. The molecular formula is C14H18OS. The van der Waals surface area contributed by atoms with Crippen molar-refractivity contribution in [1.82, 2.24) is 0 Å². The van der Waals surface area contributed by atoms with Crippen LogP contribution < -0.4 is 0 Å². The highest BCUT2D eigenvalue weighted by atomic mass is 32.2. The SMILES string of the molecule is CCCC(=O)CCC1Cc2ccccc2S1. The van der Waals surface area contributed by atoms with Crippen LogP contribution in [0.25, 0.3) is 0 Å². The first-order valence-electron chi connectivity index (χ1n) is 6.06. The molecule has 2 heteroatoms. The Balaban J connectivity index is 1.81. The number of carbonyl (C=O) groups excluding carboxylic acids is 1. The standard InChI is InChI=1S/C14H18OS/c1-2-5-12(15)8-9-13-10-11-6-3-4-7-14(11)16-13/h3-4,6-7,13H,2,5,8-10H2,1H3. The summed E-state index contributed by atoms with van der Waals surface area (Å²) in [5, 5.41) is 0.623. The zero-order valence-corrected chi connectivity index (χ0v) is 10.6. The molecule has 86 valence electrons. The first-order valence-corrected chi connectivity index (χ1v) is 6.94. The van der Waals surface area contributed by atoms with Gasteiger partial charge in [0, 0.05) is 23.0 Å². The average Bonchev–Trinajstić information content (AvgIpc) is 2.69. The predicted molar refractivity (Wildman–Crippen MR) is 68.9 cm³/mol. The number of hydrogen-bond acceptors (Lipinski definition) is 2. The van der Waals surface area contributed by atoms with E-state index in [1.807, 2.05) is 11.8 Å². The van der Waals surface area contributed by atoms with E-state index in [2.05, 4.69) is 31.2 Å². The van der Waals surface area contributed by atoms with Gasteiger partial charge in [-0.15, -0.1) is 11.8 Å². The molecule has 1 atom stereocenters. The van der Waals surface area contributed by atoms with Gasteiger partial charge in [-0.25, -0.2) is 0 Å². The van der Waals surface area contributed by atoms with Gasteiger partial charge in [0.1, 0.15) is 5.78 Å². The summed E-state index contributed by atoms with van der Waals surface area (Å²) >= 11 is 1.94. The van der Waals surface area contributed by atoms with Crippen molar-refractivity contribution in [2.24, 2.45) is 0 Å². The Morgan fingerprint density at radius 3 is 2.94 bits per heavy atom. The van der Waals surface area contributed by atoms with Crippen LogP contribution in [-0.2, 0) is 11.2 Å². The Bertz CT molecular complexity index is 348. The molecule has 0 radical (unpaired) electrons. The van der Waals surface area contributed by atoms with Crippen molar-refractivity contribution >= 4 is 17.5 Å². The fourth-order valence-corrected chi connectivity index (χ4v) is 3.46. The number of hydrogen-bond donors (Lipinski definition) is 0. The molecule has 1 nitrogen and oxygen atoms in total. The molecule has 0 saturated heterocycles. The van der Waals surface area contributed by atoms with Gasteiger partial charge in [-0.1, -0.05) is 25.1 Å². The number of ketones is 1. The zero-order chi connectivity index (χ0) is 11.4. The molecule has 1 aliphatic heterocycles. The fraction of sp³-hybridized carbons (Fsp3) is 0.500. The Kier molecular flexibility index (Phi) is 4.05. The van der Waals surface area contributed by atoms with Crippen molar-refractivity contribution < 1.29 is 4.79 Å². The van der Waals surface area contributed by atoms with Crippen molar-refractivity contribution in [3.05, 3.63) is 29.8 Å². The van der Waals surface area contributed by atoms with Crippen LogP contribution in [0, 0.1) is 0 Å². The summed E-state index contributed by atoms with van der Waals surface area (Å²) in [5.74, 6) is 0.430. The van der Waals surface area contributed by atoms with Crippen molar-refractivity contribution in [1.29, 1.82) is 0 Å². The smallest absolute Gasteiger partial charge is 0.132 e. The lowest BCUT2D eigenvalue weighted by Crippen LogP contribution is -2.05. The van der Waals surface area contributed by atoms with Gasteiger partial charge >= 0.3 is 0 Å². The maximum atomic E-state index is 11.5. The second kappa shape index (κ2) is 5.53. The van der Waals surface area contributed by atoms with Gasteiger partial charge in [-0.3, -0.25) is 4.79 Å². The molecule has 0 aromatic heterocycles. The van der Waals surface area contributed by atoms with E-state index in [1.54, 1.807) is 0 Å². The van der Waals surface area contributed by atoms with Crippen LogP contribution in [0.2, 0.25) is 0 Å². The minimum atomic E-state index is 0.430. The summed E-state index contributed by atoms with van der Waals surface area (Å²) in [7, 11) is 0. The van der Waals surface area contributed by atoms with E-state index in [-0.39, 0.29) is 0 Å². The Morgan fingerprint density at radius 2 is 2.19 bits per heavy atom. The molecule has 1 heterocycles. The summed E-state index contributed by atoms with van der Waals surface area (Å²) in [6, 6.07) is 8.59. The van der Waals surface area contributed by atoms with Crippen LogP contribution >= 0.6 is 11.8 Å². The lowest BCUT2D eigenvalue weighted by atomic mass is 10.0. The summed E-state index contributed by atoms with van der Waals surface area (Å²) in [6.45, 7) is 2.07. The van der Waals surface area contributed by atoms with Crippen LogP contribution in [0.1, 0.15) is 38.2 Å². The van der Waals surface area contributed by atoms with E-state index in [9.17, 15) is 4.79 Å². The van der Waals surface area contributed by atoms with E-state index < -0.39 is 0 Å². The lowest BCUT2D eigenvalue weighted by Gasteiger charge is -2.06. The summed E-state index contributed by atoms with van der Waals surface area (Å²) in [6.07, 6.45) is 4.68. The van der Waals surface area contributed by atoms with Crippen molar-refractivity contribution in [3.8, 4) is 0 Å². The third kappa shape index (κ3) is 2.88. The highest BCUT2D eigenvalue weighted by molar-refractivity contribution is 8.00. The first-order chi connectivity index (χ1) is 7.79. The van der Waals surface area contributed by atoms with Crippen molar-refractivity contribution in [2.75, 3.05) is 0 Å². The van der Waals surface area contributed by atoms with Crippen molar-refractivity contribution in [2.45, 2.75) is 49.2 Å². The van der Waals surface area contributed by atoms with E-state index in [1.165, 1.54) is 10.5 Å². The molecule has 0 aliphatic carbocycles. The highest BCUT2D eigenvalue weighted by Crippen LogP contribution is 2.38. The summed E-state index contributed by atoms with van der Waals surface area (Å²) < 4.78 is 0. The van der Waals surface area contributed by atoms with Gasteiger partial charge in [-0.2, -0.15) is 0 Å². The zero-order valence-electron chi connectivity index (χ0n) is 9.74. The average molecular weight is 234 g/mol. The minimum absolute atomic E-state index is 0.430. The fourth-order valence-electron chi connectivity index (χ4n) is 2.14. The second-order valence-electron chi connectivity index (χ2n) is 4.38. The molecule has 0 fully saturated rings. The minimum Gasteiger partial charge on any atom is -0.300 e. The first kappa shape index (κ1) is 11.7. The van der Waals surface area contributed by atoms with Crippen LogP contribution in [0.15, 0.2) is 29.2 Å². The van der Waals surface area contributed by atoms with Crippen LogP contribution in [0.5, 0.6) is 0 Å². The second-order valence-corrected chi connectivity index (χ2v) is 5.72. The maximum Gasteiger partial charge on any atom is 0.132 e. The van der Waals surface area contributed by atoms with Gasteiger partial charge in [0.25, 0.3) is 0 Å². The number of fused-ring (bicyclic) bond motifs is 1. The largest absolute Gasteiger partial charge is 0.300 e. The van der Waals surface area contributed by atoms with Gasteiger partial charge in [0.2, 0.25) is 0 Å². The highest BCUT2D eigenvalue weighted by Gasteiger charge is 2.21.